The van der Waals surface area contributed by atoms with E-state index in [-0.39, 0.29) is 28.9 Å². The van der Waals surface area contributed by atoms with Crippen molar-refractivity contribution < 1.29 is 24.6 Å². The summed E-state index contributed by atoms with van der Waals surface area (Å²) in [6, 6.07) is 7.12. The summed E-state index contributed by atoms with van der Waals surface area (Å²) in [6.45, 7) is 2.63. The number of halogens is 1. The van der Waals surface area contributed by atoms with Gasteiger partial charge in [0.1, 0.15) is 6.10 Å². The zero-order chi connectivity index (χ0) is 31.4. The molecule has 5 rings (SSSR count). The lowest BCUT2D eigenvalue weighted by molar-refractivity contribution is -0.132. The molecule has 6 N–H and O–H groups in total. The molecule has 0 unspecified atom stereocenters. The van der Waals surface area contributed by atoms with Crippen LogP contribution in [-0.4, -0.2) is 79.8 Å². The summed E-state index contributed by atoms with van der Waals surface area (Å²) in [6.07, 6.45) is 1.17. The molecule has 13 nitrogen and oxygen atoms in total. The van der Waals surface area contributed by atoms with E-state index >= 15 is 0 Å². The second kappa shape index (κ2) is 13.2. The smallest absolute Gasteiger partial charge is 0.229 e. The first-order chi connectivity index (χ1) is 21.1. The average Bonchev–Trinajstić information content (AvgIpc) is 3.54. The molecule has 0 saturated heterocycles. The van der Waals surface area contributed by atoms with Crippen molar-refractivity contribution in [3.63, 3.8) is 0 Å². The van der Waals surface area contributed by atoms with E-state index in [1.54, 1.807) is 4.57 Å². The molecular formula is C30H35ClN8O5. The van der Waals surface area contributed by atoms with Crippen LogP contribution in [0, 0.1) is 23.2 Å². The van der Waals surface area contributed by atoms with Gasteiger partial charge in [-0.05, 0) is 42.1 Å². The second-order valence-electron chi connectivity index (χ2n) is 11.1. The Hall–Kier alpha value is -4.25. The number of hydrogen-bond acceptors (Lipinski definition) is 9. The fourth-order valence-electron chi connectivity index (χ4n) is 5.99. The van der Waals surface area contributed by atoms with E-state index in [0.717, 1.165) is 11.1 Å². The van der Waals surface area contributed by atoms with Gasteiger partial charge in [0, 0.05) is 57.9 Å². The first kappa shape index (κ1) is 31.2. The van der Waals surface area contributed by atoms with Crippen LogP contribution in [0.5, 0.6) is 0 Å². The first-order valence-electron chi connectivity index (χ1n) is 14.5. The van der Waals surface area contributed by atoms with Crippen molar-refractivity contribution in [1.29, 1.82) is 0 Å². The van der Waals surface area contributed by atoms with Crippen LogP contribution in [0.1, 0.15) is 49.8 Å². The number of unbranched alkanes of at least 4 members (excludes halogenated alkanes) is 1. The number of carbonyl (C=O) groups excluding carboxylic acids is 3. The van der Waals surface area contributed by atoms with Gasteiger partial charge in [0.05, 0.1) is 23.9 Å². The molecule has 232 valence electrons. The van der Waals surface area contributed by atoms with Crippen molar-refractivity contribution in [2.75, 3.05) is 25.5 Å². The highest BCUT2D eigenvalue weighted by Crippen LogP contribution is 2.67. The summed E-state index contributed by atoms with van der Waals surface area (Å²) in [5, 5.41) is 32.9. The van der Waals surface area contributed by atoms with Gasteiger partial charge in [0.25, 0.3) is 0 Å². The standard InChI is InChI=1S/C30H35ClN8O5/c1-17(40)33-11-12-34-21(41)10-5-3-4-7-18-8-6-9-19(13-18)15-35-26-22-27(38-29(31)37-26)39(16-36-22)23-20-14-30(20,28(44)32-2)25(43)24(23)42/h6,8-9,13,16,20,23-25,42-43H,3,5,10-12,14-15H2,1-2H3,(H,32,44)(H,33,40)(H,34,41)(H,35,37,38)/t20-,23-,24+,25+,30+/m1/s1. The van der Waals surface area contributed by atoms with Gasteiger partial charge in [0.2, 0.25) is 23.0 Å². The molecule has 5 atom stereocenters. The summed E-state index contributed by atoms with van der Waals surface area (Å²) in [7, 11) is 1.52. The predicted molar refractivity (Wildman–Crippen MR) is 162 cm³/mol. The number of nitrogens with one attached hydrogen (secondary N) is 4. The van der Waals surface area contributed by atoms with Gasteiger partial charge in [-0.2, -0.15) is 9.97 Å². The lowest BCUT2D eigenvalue weighted by atomic mass is 9.98. The molecule has 3 amide bonds. The summed E-state index contributed by atoms with van der Waals surface area (Å²) >= 11 is 6.29. The van der Waals surface area contributed by atoms with Gasteiger partial charge in [-0.3, -0.25) is 14.4 Å². The van der Waals surface area contributed by atoms with Crippen LogP contribution < -0.4 is 21.3 Å². The number of imidazole rings is 1. The fraction of sp³-hybridized carbons (Fsp3) is 0.467. The number of amides is 3. The van der Waals surface area contributed by atoms with Gasteiger partial charge >= 0.3 is 0 Å². The number of anilines is 1. The quantitative estimate of drug-likeness (QED) is 0.103. The number of aliphatic hydroxyl groups excluding tert-OH is 2. The molecule has 0 spiro atoms. The van der Waals surface area contributed by atoms with E-state index in [1.807, 2.05) is 24.3 Å². The predicted octanol–water partition coefficient (Wildman–Crippen LogP) is 0.895. The topological polar surface area (TPSA) is 183 Å². The Morgan fingerprint density at radius 2 is 1.98 bits per heavy atom. The molecule has 0 aliphatic heterocycles. The third-order valence-corrected chi connectivity index (χ3v) is 8.35. The zero-order valence-electron chi connectivity index (χ0n) is 24.4. The van der Waals surface area contributed by atoms with Crippen LogP contribution in [0.4, 0.5) is 5.82 Å². The van der Waals surface area contributed by atoms with Crippen molar-refractivity contribution >= 4 is 46.3 Å². The summed E-state index contributed by atoms with van der Waals surface area (Å²) in [5.41, 5.74) is 1.59. The number of carbonyl (C=O) groups is 3. The van der Waals surface area contributed by atoms with Gasteiger partial charge < -0.3 is 36.0 Å². The Morgan fingerprint density at radius 3 is 2.75 bits per heavy atom. The van der Waals surface area contributed by atoms with E-state index in [1.165, 1.54) is 20.3 Å². The lowest BCUT2D eigenvalue weighted by Gasteiger charge is -2.23. The minimum Gasteiger partial charge on any atom is -0.389 e. The maximum absolute atomic E-state index is 12.5. The molecule has 0 bridgehead atoms. The number of aromatic nitrogens is 4. The normalized spacial score (nSPS) is 23.3. The van der Waals surface area contributed by atoms with E-state index < -0.39 is 23.7 Å². The highest BCUT2D eigenvalue weighted by Gasteiger charge is 2.75. The molecule has 44 heavy (non-hydrogen) atoms. The molecule has 2 aliphatic carbocycles. The maximum Gasteiger partial charge on any atom is 0.229 e. The van der Waals surface area contributed by atoms with Crippen LogP contribution in [0.2, 0.25) is 5.28 Å². The van der Waals surface area contributed by atoms with Crippen LogP contribution in [-0.2, 0) is 20.9 Å². The molecule has 2 saturated carbocycles. The molecular weight excluding hydrogens is 588 g/mol. The molecule has 2 aromatic heterocycles. The Morgan fingerprint density at radius 1 is 1.18 bits per heavy atom. The van der Waals surface area contributed by atoms with E-state index in [0.29, 0.717) is 62.3 Å². The van der Waals surface area contributed by atoms with Gasteiger partial charge in [-0.25, -0.2) is 4.98 Å². The Kier molecular flexibility index (Phi) is 9.33. The zero-order valence-corrected chi connectivity index (χ0v) is 25.2. The molecule has 1 aromatic carbocycles. The van der Waals surface area contributed by atoms with Crippen molar-refractivity contribution in [3.05, 3.63) is 47.0 Å². The SMILES string of the molecule is CNC(=O)[C@@]12C[C@@H]1[C@@H](n1cnc3c(NCc4cccc(C#CCCCC(=O)NCCNC(C)=O)c4)nc(Cl)nc31)[C@H](O)[C@@H]2O. The van der Waals surface area contributed by atoms with Crippen molar-refractivity contribution in [1.82, 2.24) is 35.5 Å². The number of fused-ring (bicyclic) bond motifs is 2. The summed E-state index contributed by atoms with van der Waals surface area (Å²) in [5.74, 6) is 5.89. The molecule has 2 fully saturated rings. The molecule has 14 heteroatoms. The molecule has 3 aromatic rings. The Bertz CT molecular complexity index is 1630. The first-order valence-corrected chi connectivity index (χ1v) is 14.8. The van der Waals surface area contributed by atoms with Crippen molar-refractivity contribution in [3.8, 4) is 11.8 Å². The highest BCUT2D eigenvalue weighted by molar-refractivity contribution is 6.28. The summed E-state index contributed by atoms with van der Waals surface area (Å²) in [4.78, 5) is 48.4. The third-order valence-electron chi connectivity index (χ3n) is 8.18. The van der Waals surface area contributed by atoms with Crippen LogP contribution >= 0.6 is 11.6 Å². The third kappa shape index (κ3) is 6.33. The minimum atomic E-state index is -1.20. The summed E-state index contributed by atoms with van der Waals surface area (Å²) < 4.78 is 1.68. The monoisotopic (exact) mass is 622 g/mol. The average molecular weight is 623 g/mol. The Labute approximate surface area is 259 Å². The van der Waals surface area contributed by atoms with Gasteiger partial charge in [0.15, 0.2) is 17.0 Å². The Balaban J connectivity index is 1.19. The highest BCUT2D eigenvalue weighted by atomic mass is 35.5. The number of rotatable bonds is 11. The molecule has 2 aliphatic rings. The van der Waals surface area contributed by atoms with Crippen LogP contribution in [0.3, 0.4) is 0 Å². The minimum absolute atomic E-state index is 0.0100. The fourth-order valence-corrected chi connectivity index (χ4v) is 6.16. The largest absolute Gasteiger partial charge is 0.389 e. The molecule has 2 heterocycles. The lowest BCUT2D eigenvalue weighted by Crippen LogP contribution is -2.41. The maximum atomic E-state index is 12.5. The van der Waals surface area contributed by atoms with E-state index in [2.05, 4.69) is 48.1 Å². The second-order valence-corrected chi connectivity index (χ2v) is 11.4. The number of aliphatic hydroxyl groups is 2. The molecule has 0 radical (unpaired) electrons. The van der Waals surface area contributed by atoms with Crippen molar-refractivity contribution in [2.24, 2.45) is 11.3 Å². The number of benzene rings is 1. The van der Waals surface area contributed by atoms with Crippen molar-refractivity contribution in [2.45, 2.75) is 57.4 Å². The van der Waals surface area contributed by atoms with Crippen LogP contribution in [0.25, 0.3) is 11.2 Å². The number of nitrogens with zero attached hydrogens (tertiary/aromatic N) is 4. The van der Waals surface area contributed by atoms with Gasteiger partial charge in [-0.1, -0.05) is 24.0 Å². The van der Waals surface area contributed by atoms with E-state index in [4.69, 9.17) is 11.6 Å². The number of hydrogen-bond donors (Lipinski definition) is 6. The van der Waals surface area contributed by atoms with E-state index in [9.17, 15) is 24.6 Å². The van der Waals surface area contributed by atoms with Crippen LogP contribution in [0.15, 0.2) is 30.6 Å². The van der Waals surface area contributed by atoms with Gasteiger partial charge in [-0.15, -0.1) is 0 Å².